The maximum atomic E-state index is 11.8. The topological polar surface area (TPSA) is 76.6 Å². The number of carboxylic acids is 1. The summed E-state index contributed by atoms with van der Waals surface area (Å²) in [6.45, 7) is 5.95. The van der Waals surface area contributed by atoms with Gasteiger partial charge in [-0.25, -0.2) is 4.79 Å². The summed E-state index contributed by atoms with van der Waals surface area (Å²) in [6.07, 6.45) is 0. The van der Waals surface area contributed by atoms with Gasteiger partial charge in [0, 0.05) is 24.6 Å². The number of nitrogens with zero attached hydrogens (tertiary/aromatic N) is 3. The third kappa shape index (κ3) is 1.79. The lowest BCUT2D eigenvalue weighted by Gasteiger charge is -2.13. The zero-order valence-corrected chi connectivity index (χ0v) is 10.8. The van der Waals surface area contributed by atoms with Crippen LogP contribution in [0.5, 0.6) is 0 Å². The van der Waals surface area contributed by atoms with Crippen LogP contribution < -0.4 is 5.56 Å². The number of fused-ring (bicyclic) bond motifs is 1. The summed E-state index contributed by atoms with van der Waals surface area (Å²) in [6, 6.07) is 2.82. The second-order valence-electron chi connectivity index (χ2n) is 5.28. The molecule has 0 aliphatic heterocycles. The molecule has 0 saturated carbocycles. The van der Waals surface area contributed by atoms with Crippen molar-refractivity contribution in [2.24, 2.45) is 7.05 Å². The minimum Gasteiger partial charge on any atom is -0.477 e. The van der Waals surface area contributed by atoms with Crippen molar-refractivity contribution in [2.45, 2.75) is 26.2 Å². The van der Waals surface area contributed by atoms with E-state index < -0.39 is 11.5 Å². The van der Waals surface area contributed by atoms with Crippen LogP contribution in [0.3, 0.4) is 0 Å². The van der Waals surface area contributed by atoms with Gasteiger partial charge < -0.3 is 9.67 Å². The first-order valence-corrected chi connectivity index (χ1v) is 5.55. The molecule has 0 amide bonds. The summed E-state index contributed by atoms with van der Waals surface area (Å²) in [4.78, 5) is 22.9. The number of aromatic carboxylic acids is 1. The Morgan fingerprint density at radius 3 is 2.44 bits per heavy atom. The van der Waals surface area contributed by atoms with Gasteiger partial charge in [0.25, 0.3) is 5.56 Å². The summed E-state index contributed by atoms with van der Waals surface area (Å²) in [5.41, 5.74) is 0.543. The Labute approximate surface area is 103 Å². The summed E-state index contributed by atoms with van der Waals surface area (Å²) >= 11 is 0. The number of hydrogen-bond acceptors (Lipinski definition) is 3. The Balaban J connectivity index is 2.85. The second-order valence-corrected chi connectivity index (χ2v) is 5.28. The van der Waals surface area contributed by atoms with Gasteiger partial charge in [-0.2, -0.15) is 9.61 Å². The van der Waals surface area contributed by atoms with Crippen LogP contribution in [0, 0.1) is 0 Å². The maximum Gasteiger partial charge on any atom is 0.352 e. The van der Waals surface area contributed by atoms with Crippen LogP contribution >= 0.6 is 0 Å². The molecule has 2 rings (SSSR count). The third-order valence-electron chi connectivity index (χ3n) is 2.85. The number of rotatable bonds is 1. The Morgan fingerprint density at radius 1 is 1.33 bits per heavy atom. The van der Waals surface area contributed by atoms with Gasteiger partial charge in [0.1, 0.15) is 11.3 Å². The lowest BCUT2D eigenvalue weighted by molar-refractivity contribution is 0.0685. The molecule has 0 aromatic carbocycles. The molecule has 96 valence electrons. The highest BCUT2D eigenvalue weighted by Gasteiger charge is 2.21. The second kappa shape index (κ2) is 3.69. The zero-order valence-electron chi connectivity index (χ0n) is 10.8. The highest BCUT2D eigenvalue weighted by molar-refractivity contribution is 5.86. The van der Waals surface area contributed by atoms with Gasteiger partial charge in [-0.3, -0.25) is 4.79 Å². The predicted octanol–water partition coefficient (Wildman–Crippen LogP) is 1.03. The lowest BCUT2D eigenvalue weighted by Crippen LogP contribution is -2.22. The van der Waals surface area contributed by atoms with Gasteiger partial charge in [-0.15, -0.1) is 0 Å². The zero-order chi connectivity index (χ0) is 13.7. The molecule has 0 bridgehead atoms. The first-order valence-electron chi connectivity index (χ1n) is 5.55. The fourth-order valence-corrected chi connectivity index (χ4v) is 1.74. The first-order chi connectivity index (χ1) is 8.21. The molecule has 2 aromatic heterocycles. The first kappa shape index (κ1) is 12.3. The van der Waals surface area contributed by atoms with Crippen molar-refractivity contribution in [3.05, 3.63) is 33.9 Å². The monoisotopic (exact) mass is 249 g/mol. The normalized spacial score (nSPS) is 12.0. The Morgan fingerprint density at radius 2 is 1.94 bits per heavy atom. The van der Waals surface area contributed by atoms with E-state index in [0.29, 0.717) is 5.65 Å². The molecular weight excluding hydrogens is 234 g/mol. The van der Waals surface area contributed by atoms with Crippen LogP contribution in [0.15, 0.2) is 16.9 Å². The van der Waals surface area contributed by atoms with Crippen LogP contribution in [0.2, 0.25) is 0 Å². The average Bonchev–Trinajstić information content (AvgIpc) is 2.67. The minimum atomic E-state index is -1.13. The summed E-state index contributed by atoms with van der Waals surface area (Å²) in [5.74, 6) is -1.13. The SMILES string of the molecule is Cn1c(C(=O)O)cc(=O)n2nc(C(C)(C)C)cc12. The molecule has 0 fully saturated rings. The van der Waals surface area contributed by atoms with Crippen molar-refractivity contribution in [1.82, 2.24) is 14.2 Å². The molecule has 6 nitrogen and oxygen atoms in total. The van der Waals surface area contributed by atoms with E-state index >= 15 is 0 Å². The fraction of sp³-hybridized carbons (Fsp3) is 0.417. The number of aromatic nitrogens is 3. The van der Waals surface area contributed by atoms with E-state index in [1.807, 2.05) is 20.8 Å². The molecule has 0 spiro atoms. The number of carboxylic acid groups (broad SMARTS) is 1. The number of carbonyl (C=O) groups is 1. The number of aryl methyl sites for hydroxylation is 1. The van der Waals surface area contributed by atoms with Gasteiger partial charge >= 0.3 is 5.97 Å². The van der Waals surface area contributed by atoms with Gasteiger partial charge in [0.05, 0.1) is 5.69 Å². The van der Waals surface area contributed by atoms with E-state index in [1.165, 1.54) is 9.08 Å². The van der Waals surface area contributed by atoms with Crippen molar-refractivity contribution in [3.8, 4) is 0 Å². The summed E-state index contributed by atoms with van der Waals surface area (Å²) < 4.78 is 2.68. The quantitative estimate of drug-likeness (QED) is 0.818. The highest BCUT2D eigenvalue weighted by atomic mass is 16.4. The fourth-order valence-electron chi connectivity index (χ4n) is 1.74. The molecule has 0 atom stereocenters. The van der Waals surface area contributed by atoms with Crippen LogP contribution in [0.25, 0.3) is 5.65 Å². The molecule has 0 saturated heterocycles. The smallest absolute Gasteiger partial charge is 0.352 e. The standard InChI is InChI=1S/C12H15N3O3/c1-12(2,3)8-6-9-14(4)7(11(17)18)5-10(16)15(9)13-8/h5-6H,1-4H3,(H,17,18). The molecule has 0 unspecified atom stereocenters. The van der Waals surface area contributed by atoms with E-state index in [9.17, 15) is 9.59 Å². The van der Waals surface area contributed by atoms with E-state index in [1.54, 1.807) is 13.1 Å². The highest BCUT2D eigenvalue weighted by Crippen LogP contribution is 2.21. The van der Waals surface area contributed by atoms with Crippen molar-refractivity contribution >= 4 is 11.6 Å². The Hall–Kier alpha value is -2.11. The molecule has 18 heavy (non-hydrogen) atoms. The number of hydrogen-bond donors (Lipinski definition) is 1. The molecule has 1 N–H and O–H groups in total. The van der Waals surface area contributed by atoms with E-state index in [0.717, 1.165) is 11.8 Å². The van der Waals surface area contributed by atoms with Gasteiger partial charge in [0.2, 0.25) is 0 Å². The van der Waals surface area contributed by atoms with Crippen molar-refractivity contribution in [3.63, 3.8) is 0 Å². The van der Waals surface area contributed by atoms with Gasteiger partial charge in [-0.05, 0) is 0 Å². The van der Waals surface area contributed by atoms with Gasteiger partial charge in [0.15, 0.2) is 0 Å². The molecule has 0 aliphatic rings. The molecule has 0 aliphatic carbocycles. The molecular formula is C12H15N3O3. The van der Waals surface area contributed by atoms with E-state index in [2.05, 4.69) is 5.10 Å². The molecule has 0 radical (unpaired) electrons. The minimum absolute atomic E-state index is 0.0483. The molecule has 2 aromatic rings. The maximum absolute atomic E-state index is 11.8. The Bertz CT molecular complexity index is 689. The summed E-state index contributed by atoms with van der Waals surface area (Å²) in [5, 5.41) is 13.3. The summed E-state index contributed by atoms with van der Waals surface area (Å²) in [7, 11) is 1.60. The van der Waals surface area contributed by atoms with Crippen molar-refractivity contribution in [2.75, 3.05) is 0 Å². The Kier molecular flexibility index (Phi) is 2.53. The van der Waals surface area contributed by atoms with E-state index in [4.69, 9.17) is 5.11 Å². The van der Waals surface area contributed by atoms with E-state index in [-0.39, 0.29) is 11.1 Å². The van der Waals surface area contributed by atoms with Crippen LogP contribution in [-0.4, -0.2) is 25.3 Å². The third-order valence-corrected chi connectivity index (χ3v) is 2.85. The molecule has 6 heteroatoms. The lowest BCUT2D eigenvalue weighted by atomic mass is 9.93. The largest absolute Gasteiger partial charge is 0.477 e. The van der Waals surface area contributed by atoms with Crippen LogP contribution in [0.1, 0.15) is 37.0 Å². The van der Waals surface area contributed by atoms with Crippen molar-refractivity contribution in [1.29, 1.82) is 0 Å². The van der Waals surface area contributed by atoms with Crippen LogP contribution in [0.4, 0.5) is 0 Å². The van der Waals surface area contributed by atoms with Crippen molar-refractivity contribution < 1.29 is 9.90 Å². The van der Waals surface area contributed by atoms with Crippen LogP contribution in [-0.2, 0) is 12.5 Å². The predicted molar refractivity (Wildman–Crippen MR) is 66.1 cm³/mol. The van der Waals surface area contributed by atoms with Gasteiger partial charge in [-0.1, -0.05) is 20.8 Å². The average molecular weight is 249 g/mol. The molecule has 2 heterocycles.